The second-order valence-corrected chi connectivity index (χ2v) is 3.67. The van der Waals surface area contributed by atoms with Gasteiger partial charge in [-0.3, -0.25) is 4.79 Å². The fourth-order valence-corrected chi connectivity index (χ4v) is 1.36. The second kappa shape index (κ2) is 4.32. The van der Waals surface area contributed by atoms with E-state index in [-0.39, 0.29) is 0 Å². The summed E-state index contributed by atoms with van der Waals surface area (Å²) in [6.45, 7) is 1.57. The molecule has 0 saturated carbocycles. The number of halogens is 1. The lowest BCUT2D eigenvalue weighted by molar-refractivity contribution is -0.123. The monoisotopic (exact) mass is 258 g/mol. The molecular weight excluding hydrogens is 248 g/mol. The molecule has 0 aliphatic heterocycles. The fraction of sp³-hybridized carbons (Fsp3) is 0.222. The predicted octanol–water partition coefficient (Wildman–Crippen LogP) is 1.28. The number of anilines is 1. The number of para-hydroxylation sites is 1. The molecule has 0 heterocycles. The molecule has 1 amide bonds. The molecule has 0 aromatic heterocycles. The van der Waals surface area contributed by atoms with Gasteiger partial charge in [-0.2, -0.15) is 0 Å². The second-order valence-electron chi connectivity index (χ2n) is 2.82. The minimum absolute atomic E-state index is 0.443. The van der Waals surface area contributed by atoms with E-state index in [0.29, 0.717) is 15.9 Å². The molecule has 0 saturated heterocycles. The van der Waals surface area contributed by atoms with E-state index in [2.05, 4.69) is 15.9 Å². The Bertz CT molecular complexity index is 334. The van der Waals surface area contributed by atoms with Crippen LogP contribution in [0.15, 0.2) is 22.7 Å². The molecule has 4 nitrogen and oxygen atoms in total. The van der Waals surface area contributed by atoms with E-state index in [1.807, 2.05) is 0 Å². The van der Waals surface area contributed by atoms with Crippen LogP contribution in [0.4, 0.5) is 5.69 Å². The van der Waals surface area contributed by atoms with Crippen molar-refractivity contribution < 1.29 is 9.53 Å². The zero-order valence-corrected chi connectivity index (χ0v) is 9.24. The summed E-state index contributed by atoms with van der Waals surface area (Å²) in [7, 11) is 0. The van der Waals surface area contributed by atoms with E-state index in [9.17, 15) is 4.79 Å². The smallest absolute Gasteiger partial charge is 0.258 e. The summed E-state index contributed by atoms with van der Waals surface area (Å²) in [5.74, 6) is -0.0843. The lowest BCUT2D eigenvalue weighted by atomic mass is 10.3. The van der Waals surface area contributed by atoms with Gasteiger partial charge in [-0.25, -0.2) is 0 Å². The van der Waals surface area contributed by atoms with Crippen molar-refractivity contribution in [3.63, 3.8) is 0 Å². The quantitative estimate of drug-likeness (QED) is 0.802. The van der Waals surface area contributed by atoms with Gasteiger partial charge in [0.1, 0.15) is 0 Å². The summed E-state index contributed by atoms with van der Waals surface area (Å²) in [5, 5.41) is 0. The van der Waals surface area contributed by atoms with Gasteiger partial charge in [0, 0.05) is 0 Å². The van der Waals surface area contributed by atoms with Crippen LogP contribution in [0.2, 0.25) is 0 Å². The number of benzene rings is 1. The molecule has 0 spiro atoms. The van der Waals surface area contributed by atoms with Crippen molar-refractivity contribution >= 4 is 27.5 Å². The van der Waals surface area contributed by atoms with Gasteiger partial charge < -0.3 is 16.2 Å². The number of nitrogens with two attached hydrogens (primary N) is 2. The van der Waals surface area contributed by atoms with Gasteiger partial charge in [-0.1, -0.05) is 6.07 Å². The van der Waals surface area contributed by atoms with E-state index in [1.165, 1.54) is 0 Å². The van der Waals surface area contributed by atoms with Gasteiger partial charge in [-0.05, 0) is 35.0 Å². The third-order valence-corrected chi connectivity index (χ3v) is 2.32. The number of nitrogen functional groups attached to an aromatic ring is 1. The molecule has 5 heteroatoms. The maximum Gasteiger partial charge on any atom is 0.258 e. The zero-order chi connectivity index (χ0) is 10.7. The van der Waals surface area contributed by atoms with Gasteiger partial charge in [0.25, 0.3) is 5.91 Å². The third-order valence-electron chi connectivity index (χ3n) is 1.69. The number of hydrogen-bond donors (Lipinski definition) is 2. The van der Waals surface area contributed by atoms with Crippen molar-refractivity contribution in [3.05, 3.63) is 22.7 Å². The summed E-state index contributed by atoms with van der Waals surface area (Å²) >= 11 is 3.27. The number of carbonyl (C=O) groups is 1. The maximum atomic E-state index is 10.8. The molecule has 0 aliphatic carbocycles. The van der Waals surface area contributed by atoms with Gasteiger partial charge >= 0.3 is 0 Å². The van der Waals surface area contributed by atoms with E-state index in [0.717, 1.165) is 0 Å². The first-order valence-corrected chi connectivity index (χ1v) is 4.81. The SMILES string of the molecule is CC(Oc1c(N)cccc1Br)C(N)=O. The number of amides is 1. The van der Waals surface area contributed by atoms with Gasteiger partial charge in [0.2, 0.25) is 0 Å². The van der Waals surface area contributed by atoms with Crippen LogP contribution in [0.5, 0.6) is 5.75 Å². The average molecular weight is 259 g/mol. The highest BCUT2D eigenvalue weighted by Gasteiger charge is 2.13. The summed E-state index contributed by atoms with van der Waals surface area (Å²) in [6.07, 6.45) is -0.698. The highest BCUT2D eigenvalue weighted by Crippen LogP contribution is 2.31. The summed E-state index contributed by atoms with van der Waals surface area (Å²) in [6, 6.07) is 5.24. The molecule has 1 aromatic carbocycles. The minimum Gasteiger partial charge on any atom is -0.478 e. The van der Waals surface area contributed by atoms with Crippen LogP contribution < -0.4 is 16.2 Å². The third kappa shape index (κ3) is 2.38. The van der Waals surface area contributed by atoms with Crippen LogP contribution in [0.1, 0.15) is 6.92 Å². The van der Waals surface area contributed by atoms with Crippen molar-refractivity contribution in [2.45, 2.75) is 13.0 Å². The van der Waals surface area contributed by atoms with Crippen LogP contribution in [-0.4, -0.2) is 12.0 Å². The summed E-state index contributed by atoms with van der Waals surface area (Å²) in [4.78, 5) is 10.8. The molecule has 0 radical (unpaired) electrons. The molecule has 0 aliphatic rings. The van der Waals surface area contributed by atoms with Crippen LogP contribution >= 0.6 is 15.9 Å². The van der Waals surface area contributed by atoms with E-state index in [4.69, 9.17) is 16.2 Å². The molecule has 0 fully saturated rings. The molecule has 4 N–H and O–H groups in total. The molecule has 1 rings (SSSR count). The first-order valence-electron chi connectivity index (χ1n) is 4.02. The Morgan fingerprint density at radius 2 is 2.21 bits per heavy atom. The number of ether oxygens (including phenoxy) is 1. The molecule has 76 valence electrons. The van der Waals surface area contributed by atoms with E-state index in [1.54, 1.807) is 25.1 Å². The summed E-state index contributed by atoms with van der Waals surface area (Å²) < 4.78 is 5.99. The van der Waals surface area contributed by atoms with E-state index >= 15 is 0 Å². The van der Waals surface area contributed by atoms with Crippen LogP contribution in [0.3, 0.4) is 0 Å². The molecule has 14 heavy (non-hydrogen) atoms. The first kappa shape index (κ1) is 10.8. The Hall–Kier alpha value is -1.23. The van der Waals surface area contributed by atoms with Crippen molar-refractivity contribution in [1.29, 1.82) is 0 Å². The normalized spacial score (nSPS) is 12.1. The fourth-order valence-electron chi connectivity index (χ4n) is 0.885. The lowest BCUT2D eigenvalue weighted by Gasteiger charge is -2.14. The minimum atomic E-state index is -0.698. The zero-order valence-electron chi connectivity index (χ0n) is 7.66. The molecule has 1 aromatic rings. The molecule has 1 unspecified atom stereocenters. The maximum absolute atomic E-state index is 10.8. The number of rotatable bonds is 3. The van der Waals surface area contributed by atoms with Crippen molar-refractivity contribution in [1.82, 2.24) is 0 Å². The average Bonchev–Trinajstić information content (AvgIpc) is 2.11. The highest BCUT2D eigenvalue weighted by atomic mass is 79.9. The van der Waals surface area contributed by atoms with E-state index < -0.39 is 12.0 Å². The van der Waals surface area contributed by atoms with Crippen molar-refractivity contribution in [3.8, 4) is 5.75 Å². The Morgan fingerprint density at radius 1 is 1.57 bits per heavy atom. The van der Waals surface area contributed by atoms with Crippen molar-refractivity contribution in [2.24, 2.45) is 5.73 Å². The number of hydrogen-bond acceptors (Lipinski definition) is 3. The van der Waals surface area contributed by atoms with Crippen molar-refractivity contribution in [2.75, 3.05) is 5.73 Å². The standard InChI is InChI=1S/C9H11BrN2O2/c1-5(9(12)13)14-8-6(10)3-2-4-7(8)11/h2-5H,11H2,1H3,(H2,12,13). The number of primary amides is 1. The Morgan fingerprint density at radius 3 is 2.71 bits per heavy atom. The Balaban J connectivity index is 2.91. The van der Waals surface area contributed by atoms with Crippen LogP contribution in [0.25, 0.3) is 0 Å². The van der Waals surface area contributed by atoms with Crippen LogP contribution in [0, 0.1) is 0 Å². The topological polar surface area (TPSA) is 78.3 Å². The summed E-state index contributed by atoms with van der Waals surface area (Å²) in [5.41, 5.74) is 11.2. The number of carbonyl (C=O) groups excluding carboxylic acids is 1. The molecule has 1 atom stereocenters. The highest BCUT2D eigenvalue weighted by molar-refractivity contribution is 9.10. The molecular formula is C9H11BrN2O2. The van der Waals surface area contributed by atoms with Crippen LogP contribution in [-0.2, 0) is 4.79 Å². The molecule has 0 bridgehead atoms. The Labute approximate surface area is 90.3 Å². The van der Waals surface area contributed by atoms with Gasteiger partial charge in [0.05, 0.1) is 10.2 Å². The first-order chi connectivity index (χ1) is 6.52. The predicted molar refractivity (Wildman–Crippen MR) is 57.8 cm³/mol. The largest absolute Gasteiger partial charge is 0.478 e. The van der Waals surface area contributed by atoms with Gasteiger partial charge in [-0.15, -0.1) is 0 Å². The Kier molecular flexibility index (Phi) is 3.35. The van der Waals surface area contributed by atoms with Gasteiger partial charge in [0.15, 0.2) is 11.9 Å². The lowest BCUT2D eigenvalue weighted by Crippen LogP contribution is -2.31.